The summed E-state index contributed by atoms with van der Waals surface area (Å²) in [6.45, 7) is -0.189. The Morgan fingerprint density at radius 2 is 2.11 bits per heavy atom. The van der Waals surface area contributed by atoms with Crippen molar-refractivity contribution in [3.05, 3.63) is 74.5 Å². The van der Waals surface area contributed by atoms with E-state index in [9.17, 15) is 14.0 Å². The van der Waals surface area contributed by atoms with E-state index in [1.165, 1.54) is 23.0 Å². The fourth-order valence-electron chi connectivity index (χ4n) is 2.49. The monoisotopic (exact) mass is 429 g/mol. The van der Waals surface area contributed by atoms with Crippen LogP contribution in [0.3, 0.4) is 0 Å². The zero-order valence-electron chi connectivity index (χ0n) is 14.0. The third-order valence-electron chi connectivity index (χ3n) is 3.91. The summed E-state index contributed by atoms with van der Waals surface area (Å²) in [4.78, 5) is 28.6. The molecule has 0 bridgehead atoms. The third-order valence-corrected chi connectivity index (χ3v) is 4.40. The van der Waals surface area contributed by atoms with Crippen LogP contribution in [0.25, 0.3) is 10.9 Å². The lowest BCUT2D eigenvalue weighted by Crippen LogP contribution is -2.22. The molecule has 0 aliphatic rings. The van der Waals surface area contributed by atoms with Gasteiger partial charge in [0, 0.05) is 16.6 Å². The number of esters is 1. The smallest absolute Gasteiger partial charge is 0.307 e. The Balaban J connectivity index is 1.64. The topological polar surface area (TPSA) is 85.0 Å². The van der Waals surface area contributed by atoms with Crippen molar-refractivity contribution in [1.29, 1.82) is 5.26 Å². The van der Waals surface area contributed by atoms with Crippen LogP contribution >= 0.6 is 15.9 Å². The van der Waals surface area contributed by atoms with E-state index < -0.39 is 11.8 Å². The van der Waals surface area contributed by atoms with Gasteiger partial charge >= 0.3 is 5.97 Å². The second kappa shape index (κ2) is 8.10. The predicted octanol–water partition coefficient (Wildman–Crippen LogP) is 3.30. The number of carbonyl (C=O) groups is 1. The summed E-state index contributed by atoms with van der Waals surface area (Å²) in [6, 6.07) is 10.9. The van der Waals surface area contributed by atoms with Gasteiger partial charge in [0.1, 0.15) is 12.4 Å². The zero-order chi connectivity index (χ0) is 19.4. The molecule has 1 aromatic heterocycles. The average Bonchev–Trinajstić information content (AvgIpc) is 2.67. The van der Waals surface area contributed by atoms with Crippen molar-refractivity contribution in [1.82, 2.24) is 9.55 Å². The minimum Gasteiger partial charge on any atom is -0.461 e. The Morgan fingerprint density at radius 3 is 2.89 bits per heavy atom. The quantitative estimate of drug-likeness (QED) is 0.580. The minimum absolute atomic E-state index is 0.0688. The number of hydrogen-bond acceptors (Lipinski definition) is 5. The van der Waals surface area contributed by atoms with Gasteiger partial charge in [0.25, 0.3) is 5.56 Å². The molecule has 136 valence electrons. The molecular formula is C19H13BrFN3O3. The second-order valence-corrected chi connectivity index (χ2v) is 6.65. The number of rotatable bonds is 5. The number of carbonyl (C=O) groups excluding carboxylic acids is 1. The molecule has 6 nitrogen and oxygen atoms in total. The van der Waals surface area contributed by atoms with E-state index >= 15 is 0 Å². The molecule has 3 aromatic rings. The highest BCUT2D eigenvalue weighted by atomic mass is 79.9. The Labute approximate surface area is 162 Å². The summed E-state index contributed by atoms with van der Waals surface area (Å²) in [7, 11) is 0. The van der Waals surface area contributed by atoms with Crippen LogP contribution in [0, 0.1) is 17.1 Å². The number of ether oxygens (including phenoxy) is 1. The maximum atomic E-state index is 13.7. The first-order valence-corrected chi connectivity index (χ1v) is 8.76. The molecule has 8 heteroatoms. The van der Waals surface area contributed by atoms with Gasteiger partial charge in [0.05, 0.1) is 35.3 Å². The molecule has 0 aliphatic carbocycles. The van der Waals surface area contributed by atoms with Gasteiger partial charge < -0.3 is 4.74 Å². The number of nitriles is 1. The van der Waals surface area contributed by atoms with Crippen molar-refractivity contribution < 1.29 is 13.9 Å². The van der Waals surface area contributed by atoms with Crippen molar-refractivity contribution in [3.63, 3.8) is 0 Å². The molecule has 0 saturated heterocycles. The number of fused-ring (bicyclic) bond motifs is 1. The molecule has 0 unspecified atom stereocenters. The van der Waals surface area contributed by atoms with Gasteiger partial charge in [0.2, 0.25) is 0 Å². The van der Waals surface area contributed by atoms with Crippen molar-refractivity contribution in [2.75, 3.05) is 0 Å². The van der Waals surface area contributed by atoms with Crippen LogP contribution in [0.2, 0.25) is 0 Å². The van der Waals surface area contributed by atoms with Crippen molar-refractivity contribution in [2.24, 2.45) is 0 Å². The van der Waals surface area contributed by atoms with Gasteiger partial charge in [-0.3, -0.25) is 14.2 Å². The molecule has 1 heterocycles. The maximum Gasteiger partial charge on any atom is 0.307 e. The highest BCUT2D eigenvalue weighted by Crippen LogP contribution is 2.15. The lowest BCUT2D eigenvalue weighted by atomic mass is 10.1. The number of nitrogens with zero attached hydrogens (tertiary/aromatic N) is 3. The Morgan fingerprint density at radius 1 is 1.30 bits per heavy atom. The van der Waals surface area contributed by atoms with Crippen LogP contribution in [-0.4, -0.2) is 15.5 Å². The van der Waals surface area contributed by atoms with Gasteiger partial charge in [-0.05, 0) is 36.4 Å². The third kappa shape index (κ3) is 4.38. The largest absolute Gasteiger partial charge is 0.461 e. The number of halogens is 2. The number of aromatic nitrogens is 2. The first kappa shape index (κ1) is 18.7. The fraction of sp³-hybridized carbons (Fsp3) is 0.158. The van der Waals surface area contributed by atoms with E-state index in [0.717, 1.165) is 10.5 Å². The Bertz CT molecular complexity index is 1120. The molecule has 2 aromatic carbocycles. The molecule has 0 saturated carbocycles. The van der Waals surface area contributed by atoms with E-state index in [1.54, 1.807) is 18.2 Å². The Kier molecular flexibility index (Phi) is 5.62. The maximum absolute atomic E-state index is 13.7. The summed E-state index contributed by atoms with van der Waals surface area (Å²) >= 11 is 3.31. The summed E-state index contributed by atoms with van der Waals surface area (Å²) in [6.07, 6.45) is 1.31. The fourth-order valence-corrected chi connectivity index (χ4v) is 2.85. The van der Waals surface area contributed by atoms with Crippen LogP contribution in [0.5, 0.6) is 0 Å². The average molecular weight is 430 g/mol. The van der Waals surface area contributed by atoms with E-state index in [4.69, 9.17) is 10.00 Å². The van der Waals surface area contributed by atoms with Gasteiger partial charge in [-0.1, -0.05) is 15.9 Å². The number of aryl methyl sites for hydroxylation is 1. The highest BCUT2D eigenvalue weighted by molar-refractivity contribution is 9.10. The number of benzene rings is 2. The zero-order valence-corrected chi connectivity index (χ0v) is 15.6. The second-order valence-electron chi connectivity index (χ2n) is 5.73. The van der Waals surface area contributed by atoms with E-state index in [-0.39, 0.29) is 36.3 Å². The van der Waals surface area contributed by atoms with Crippen LogP contribution < -0.4 is 5.56 Å². The molecule has 0 fully saturated rings. The highest BCUT2D eigenvalue weighted by Gasteiger charge is 2.10. The van der Waals surface area contributed by atoms with E-state index in [0.29, 0.717) is 10.9 Å². The molecule has 0 aliphatic heterocycles. The van der Waals surface area contributed by atoms with Crippen LogP contribution in [0.4, 0.5) is 4.39 Å². The summed E-state index contributed by atoms with van der Waals surface area (Å²) in [5.74, 6) is -1.14. The van der Waals surface area contributed by atoms with Crippen LogP contribution in [0.1, 0.15) is 17.5 Å². The predicted molar refractivity (Wildman–Crippen MR) is 99.2 cm³/mol. The van der Waals surface area contributed by atoms with Crippen molar-refractivity contribution in [2.45, 2.75) is 19.6 Å². The van der Waals surface area contributed by atoms with E-state index in [1.807, 2.05) is 6.07 Å². The lowest BCUT2D eigenvalue weighted by Gasteiger charge is -2.08. The summed E-state index contributed by atoms with van der Waals surface area (Å²) in [5, 5.41) is 9.28. The van der Waals surface area contributed by atoms with Crippen LogP contribution in [-0.2, 0) is 22.7 Å². The molecular weight excluding hydrogens is 417 g/mol. The summed E-state index contributed by atoms with van der Waals surface area (Å²) in [5.41, 5.74) is 0.705. The van der Waals surface area contributed by atoms with Crippen molar-refractivity contribution in [3.8, 4) is 6.07 Å². The molecule has 0 amide bonds. The molecule has 0 spiro atoms. The van der Waals surface area contributed by atoms with Gasteiger partial charge in [0.15, 0.2) is 0 Å². The van der Waals surface area contributed by atoms with Gasteiger partial charge in [-0.15, -0.1) is 0 Å². The minimum atomic E-state index is -0.585. The number of hydrogen-bond donors (Lipinski definition) is 0. The van der Waals surface area contributed by atoms with Crippen LogP contribution in [0.15, 0.2) is 52.0 Å². The standard InChI is InChI=1S/C19H13BrFN3O3/c20-14-2-4-17-15(8-14)19(26)24(11-23-17)6-5-18(25)27-10-13-7-12(9-22)1-3-16(13)21/h1-4,7-8,11H,5-6,10H2. The lowest BCUT2D eigenvalue weighted by molar-refractivity contribution is -0.145. The normalized spacial score (nSPS) is 10.6. The first-order valence-electron chi connectivity index (χ1n) is 7.97. The molecule has 0 radical (unpaired) electrons. The molecule has 27 heavy (non-hydrogen) atoms. The molecule has 0 N–H and O–H groups in total. The van der Waals surface area contributed by atoms with Gasteiger partial charge in [-0.2, -0.15) is 5.26 Å². The SMILES string of the molecule is N#Cc1ccc(F)c(COC(=O)CCn2cnc3ccc(Br)cc3c2=O)c1. The molecule has 0 atom stereocenters. The Hall–Kier alpha value is -3.05. The van der Waals surface area contributed by atoms with E-state index in [2.05, 4.69) is 20.9 Å². The van der Waals surface area contributed by atoms with Crippen molar-refractivity contribution >= 4 is 32.8 Å². The molecule has 3 rings (SSSR count). The van der Waals surface area contributed by atoms with Gasteiger partial charge in [-0.25, -0.2) is 9.37 Å². The first-order chi connectivity index (χ1) is 13.0. The summed E-state index contributed by atoms with van der Waals surface area (Å²) < 4.78 is 20.8.